The Labute approximate surface area is 148 Å². The maximum atomic E-state index is 12.2. The molecule has 2 fully saturated rings. The number of aromatic nitrogens is 2. The highest BCUT2D eigenvalue weighted by Gasteiger charge is 2.46. The van der Waals surface area contributed by atoms with E-state index in [0.717, 1.165) is 19.6 Å². The van der Waals surface area contributed by atoms with Gasteiger partial charge in [0, 0.05) is 38.8 Å². The molecule has 0 N–H and O–H groups in total. The molecule has 3 heterocycles. The van der Waals surface area contributed by atoms with E-state index in [1.807, 2.05) is 0 Å². The predicted molar refractivity (Wildman–Crippen MR) is 92.7 cm³/mol. The van der Waals surface area contributed by atoms with Gasteiger partial charge in [0.05, 0.1) is 18.1 Å². The highest BCUT2D eigenvalue weighted by Crippen LogP contribution is 2.28. The van der Waals surface area contributed by atoms with E-state index in [9.17, 15) is 8.42 Å². The smallest absolute Gasteiger partial charge is 0.252 e. The quantitative estimate of drug-likeness (QED) is 0.668. The first-order chi connectivity index (χ1) is 11.9. The second-order valence-electron chi connectivity index (χ2n) is 7.00. The Morgan fingerprint density at radius 2 is 1.96 bits per heavy atom. The predicted octanol–water partition coefficient (Wildman–Crippen LogP) is 0.465. The fourth-order valence-corrected chi connectivity index (χ4v) is 5.58. The summed E-state index contributed by atoms with van der Waals surface area (Å²) in [6, 6.07) is 0.00776. The molecule has 0 aliphatic carbocycles. The van der Waals surface area contributed by atoms with Crippen LogP contribution in [0, 0.1) is 0 Å². The summed E-state index contributed by atoms with van der Waals surface area (Å²) in [5.74, 6) is 1.45. The van der Waals surface area contributed by atoms with Crippen molar-refractivity contribution in [2.45, 2.75) is 39.1 Å². The van der Waals surface area contributed by atoms with Gasteiger partial charge in [0.15, 0.2) is 15.7 Å². The Morgan fingerprint density at radius 1 is 1.28 bits per heavy atom. The first-order valence-electron chi connectivity index (χ1n) is 8.50. The van der Waals surface area contributed by atoms with E-state index in [4.69, 9.17) is 9.26 Å². The number of hydrogen-bond donors (Lipinski definition) is 0. The van der Waals surface area contributed by atoms with Crippen molar-refractivity contribution in [1.29, 1.82) is 0 Å². The molecular formula is C16H26N4O4S. The molecule has 0 unspecified atom stereocenters. The molecular weight excluding hydrogens is 344 g/mol. The minimum atomic E-state index is -3.02. The zero-order valence-electron chi connectivity index (χ0n) is 15.0. The molecule has 0 aromatic carbocycles. The van der Waals surface area contributed by atoms with Gasteiger partial charge in [0.2, 0.25) is 0 Å². The minimum absolute atomic E-state index is 0.0197. The largest absolute Gasteiger partial charge is 0.375 e. The van der Waals surface area contributed by atoms with Crippen LogP contribution in [0.3, 0.4) is 0 Å². The number of rotatable bonds is 6. The molecule has 1 aromatic heterocycles. The third-order valence-electron chi connectivity index (χ3n) is 4.76. The number of allylic oxidation sites excluding steroid dienone is 1. The van der Waals surface area contributed by atoms with Crippen LogP contribution in [-0.4, -0.2) is 78.7 Å². The van der Waals surface area contributed by atoms with Crippen LogP contribution in [0.1, 0.15) is 25.6 Å². The summed E-state index contributed by atoms with van der Waals surface area (Å²) in [7, 11) is -1.44. The van der Waals surface area contributed by atoms with Gasteiger partial charge in [-0.3, -0.25) is 9.80 Å². The molecule has 2 aliphatic rings. The highest BCUT2D eigenvalue weighted by molar-refractivity contribution is 7.91. The lowest BCUT2D eigenvalue weighted by Gasteiger charge is -2.43. The lowest BCUT2D eigenvalue weighted by molar-refractivity contribution is 0.0456. The van der Waals surface area contributed by atoms with Crippen LogP contribution in [0.5, 0.6) is 0 Å². The third-order valence-corrected chi connectivity index (χ3v) is 6.46. The van der Waals surface area contributed by atoms with Gasteiger partial charge in [-0.2, -0.15) is 4.98 Å². The van der Waals surface area contributed by atoms with Gasteiger partial charge in [-0.1, -0.05) is 16.8 Å². The first kappa shape index (κ1) is 18.5. The number of nitrogens with zero attached hydrogens (tertiary/aromatic N) is 4. The Balaban J connectivity index is 1.72. The van der Waals surface area contributed by atoms with Gasteiger partial charge < -0.3 is 9.26 Å². The summed E-state index contributed by atoms with van der Waals surface area (Å²) in [5, 5.41) is 3.98. The second kappa shape index (κ2) is 7.53. The number of ether oxygens (including phenoxy) is 1. The molecule has 0 spiro atoms. The van der Waals surface area contributed by atoms with E-state index < -0.39 is 9.84 Å². The monoisotopic (exact) mass is 370 g/mol. The number of fused-ring (bicyclic) bond motifs is 1. The standard InChI is InChI=1S/C16H26N4O4S/c1-12(2)4-5-19-6-7-20(14-11-25(21,22)10-13(14)19)8-15-17-16(9-23-3)24-18-15/h4,13-14H,5-11H2,1-3H3/t13-,14+/m0/s1. The maximum Gasteiger partial charge on any atom is 0.252 e. The molecule has 2 aliphatic heterocycles. The van der Waals surface area contributed by atoms with Crippen molar-refractivity contribution in [2.75, 3.05) is 38.2 Å². The SMILES string of the molecule is COCc1nc(CN2CCN(CC=C(C)C)[C@H]3CS(=O)(=O)C[C@H]32)no1. The van der Waals surface area contributed by atoms with Crippen LogP contribution in [-0.2, 0) is 27.7 Å². The molecule has 3 rings (SSSR count). The van der Waals surface area contributed by atoms with Crippen molar-refractivity contribution in [3.63, 3.8) is 0 Å². The number of methoxy groups -OCH3 is 1. The molecule has 2 saturated heterocycles. The summed E-state index contributed by atoms with van der Waals surface area (Å²) in [6.07, 6.45) is 2.16. The highest BCUT2D eigenvalue weighted by atomic mass is 32.2. The topological polar surface area (TPSA) is 88.8 Å². The second-order valence-corrected chi connectivity index (χ2v) is 9.15. The Kier molecular flexibility index (Phi) is 5.57. The van der Waals surface area contributed by atoms with E-state index >= 15 is 0 Å². The first-order valence-corrected chi connectivity index (χ1v) is 10.3. The van der Waals surface area contributed by atoms with E-state index in [-0.39, 0.29) is 30.2 Å². The molecule has 2 atom stereocenters. The fourth-order valence-electron chi connectivity index (χ4n) is 3.54. The van der Waals surface area contributed by atoms with E-state index in [1.165, 1.54) is 5.57 Å². The van der Waals surface area contributed by atoms with Gasteiger partial charge in [-0.05, 0) is 13.8 Å². The zero-order valence-corrected chi connectivity index (χ0v) is 15.8. The van der Waals surface area contributed by atoms with Crippen molar-refractivity contribution in [3.05, 3.63) is 23.4 Å². The summed E-state index contributed by atoms with van der Waals surface area (Å²) in [6.45, 7) is 7.34. The molecule has 140 valence electrons. The van der Waals surface area contributed by atoms with Crippen LogP contribution in [0.25, 0.3) is 0 Å². The minimum Gasteiger partial charge on any atom is -0.375 e. The molecule has 9 heteroatoms. The molecule has 8 nitrogen and oxygen atoms in total. The molecule has 0 radical (unpaired) electrons. The normalized spacial score (nSPS) is 26.5. The lowest BCUT2D eigenvalue weighted by Crippen LogP contribution is -2.58. The van der Waals surface area contributed by atoms with Gasteiger partial charge in [0.1, 0.15) is 6.61 Å². The molecule has 0 bridgehead atoms. The Hall–Kier alpha value is -1.29. The van der Waals surface area contributed by atoms with E-state index in [0.29, 0.717) is 18.3 Å². The molecule has 1 aromatic rings. The summed E-state index contributed by atoms with van der Waals surface area (Å²) in [5.41, 5.74) is 1.25. The van der Waals surface area contributed by atoms with Crippen LogP contribution < -0.4 is 0 Å². The fraction of sp³-hybridized carbons (Fsp3) is 0.750. The van der Waals surface area contributed by atoms with E-state index in [2.05, 4.69) is 39.9 Å². The summed E-state index contributed by atoms with van der Waals surface area (Å²) in [4.78, 5) is 8.77. The van der Waals surface area contributed by atoms with Gasteiger partial charge in [-0.25, -0.2) is 8.42 Å². The van der Waals surface area contributed by atoms with Crippen LogP contribution in [0.2, 0.25) is 0 Å². The van der Waals surface area contributed by atoms with Crippen molar-refractivity contribution in [1.82, 2.24) is 19.9 Å². The number of sulfone groups is 1. The molecule has 25 heavy (non-hydrogen) atoms. The van der Waals surface area contributed by atoms with Crippen molar-refractivity contribution >= 4 is 9.84 Å². The lowest BCUT2D eigenvalue weighted by atomic mass is 10.0. The third kappa shape index (κ3) is 4.46. The van der Waals surface area contributed by atoms with Crippen molar-refractivity contribution in [3.8, 4) is 0 Å². The number of piperazine rings is 1. The zero-order chi connectivity index (χ0) is 18.0. The van der Waals surface area contributed by atoms with Gasteiger partial charge in [-0.15, -0.1) is 0 Å². The Morgan fingerprint density at radius 3 is 2.64 bits per heavy atom. The summed E-state index contributed by atoms with van der Waals surface area (Å²) < 4.78 is 34.6. The molecule has 0 amide bonds. The van der Waals surface area contributed by atoms with E-state index in [1.54, 1.807) is 7.11 Å². The van der Waals surface area contributed by atoms with Crippen LogP contribution in [0.4, 0.5) is 0 Å². The maximum absolute atomic E-state index is 12.2. The van der Waals surface area contributed by atoms with Crippen LogP contribution >= 0.6 is 0 Å². The average molecular weight is 370 g/mol. The molecule has 0 saturated carbocycles. The average Bonchev–Trinajstić information content (AvgIpc) is 3.10. The Bertz CT molecular complexity index is 726. The van der Waals surface area contributed by atoms with Gasteiger partial charge >= 0.3 is 0 Å². The van der Waals surface area contributed by atoms with Crippen LogP contribution in [0.15, 0.2) is 16.2 Å². The number of hydrogen-bond acceptors (Lipinski definition) is 8. The van der Waals surface area contributed by atoms with Crippen molar-refractivity contribution in [2.24, 2.45) is 0 Å². The summed E-state index contributed by atoms with van der Waals surface area (Å²) >= 11 is 0. The van der Waals surface area contributed by atoms with Crippen molar-refractivity contribution < 1.29 is 17.7 Å². The van der Waals surface area contributed by atoms with Gasteiger partial charge in [0.25, 0.3) is 5.89 Å².